The summed E-state index contributed by atoms with van der Waals surface area (Å²) in [5.41, 5.74) is 23.5. The van der Waals surface area contributed by atoms with Crippen LogP contribution in [0.15, 0.2) is 0 Å². The van der Waals surface area contributed by atoms with Crippen LogP contribution in [0, 0.1) is 0 Å². The number of hydrogen-bond acceptors (Lipinski definition) is 15. The second kappa shape index (κ2) is 11.0. The Balaban J connectivity index is 1.72. The second-order valence-electron chi connectivity index (χ2n) is 8.79. The van der Waals surface area contributed by atoms with Gasteiger partial charge in [0.1, 0.15) is 61.0 Å². The van der Waals surface area contributed by atoms with Gasteiger partial charge < -0.3 is 77.6 Å². The van der Waals surface area contributed by atoms with Crippen LogP contribution in [-0.4, -0.2) is 141 Å². The van der Waals surface area contributed by atoms with E-state index in [-0.39, 0.29) is 13.0 Å². The van der Waals surface area contributed by atoms with Crippen LogP contribution < -0.4 is 22.9 Å². The molecule has 3 aliphatic rings. The van der Waals surface area contributed by atoms with Crippen LogP contribution in [0.25, 0.3) is 0 Å². The summed E-state index contributed by atoms with van der Waals surface area (Å²) in [6, 6.07) is -2.86. The highest BCUT2D eigenvalue weighted by atomic mass is 16.7. The number of hydrogen-bond donors (Lipinski definition) is 11. The number of aliphatic hydroxyl groups excluding tert-OH is 7. The molecular formula is C18H36N4O11. The van der Waals surface area contributed by atoms with Gasteiger partial charge in [0.05, 0.1) is 12.6 Å². The summed E-state index contributed by atoms with van der Waals surface area (Å²) in [4.78, 5) is 0. The molecule has 2 saturated heterocycles. The van der Waals surface area contributed by atoms with Gasteiger partial charge in [0.2, 0.25) is 0 Å². The summed E-state index contributed by atoms with van der Waals surface area (Å²) in [5, 5.41) is 70.9. The van der Waals surface area contributed by atoms with Crippen LogP contribution in [0.2, 0.25) is 0 Å². The zero-order valence-electron chi connectivity index (χ0n) is 17.9. The lowest BCUT2D eigenvalue weighted by atomic mass is 9.84. The molecule has 1 saturated carbocycles. The van der Waals surface area contributed by atoms with E-state index in [0.717, 1.165) is 0 Å². The standard InChI is InChI=1S/C18H36N4O11/c19-2-6-10(25)12(27)13(28)18(30-6)33-16-5(21)1-4(20)15(14(16)29)32-17-11(26)8(22)9(24)7(3-23)31-17/h4-18,23-29H,1-3,19-22H2/t4-,5?,6?,7?,8?,9-,10?,11-,12+,13?,14-,15?,16?,17?,18+/m1/s1. The van der Waals surface area contributed by atoms with E-state index < -0.39 is 98.4 Å². The maximum absolute atomic E-state index is 10.9. The van der Waals surface area contributed by atoms with Crippen molar-refractivity contribution < 1.29 is 54.7 Å². The van der Waals surface area contributed by atoms with Crippen LogP contribution in [0.4, 0.5) is 0 Å². The van der Waals surface area contributed by atoms with Gasteiger partial charge in [-0.15, -0.1) is 0 Å². The molecule has 0 amide bonds. The summed E-state index contributed by atoms with van der Waals surface area (Å²) < 4.78 is 22.2. The number of ether oxygens (including phenoxy) is 4. The topological polar surface area (TPSA) is 283 Å². The molecule has 0 spiro atoms. The van der Waals surface area contributed by atoms with Gasteiger partial charge in [-0.05, 0) is 6.42 Å². The minimum Gasteiger partial charge on any atom is -0.394 e. The minimum atomic E-state index is -1.66. The maximum Gasteiger partial charge on any atom is 0.187 e. The third-order valence-corrected chi connectivity index (χ3v) is 6.48. The fraction of sp³-hybridized carbons (Fsp3) is 1.00. The monoisotopic (exact) mass is 484 g/mol. The first-order chi connectivity index (χ1) is 15.5. The van der Waals surface area contributed by atoms with E-state index in [4.69, 9.17) is 41.9 Å². The largest absolute Gasteiger partial charge is 0.394 e. The Bertz CT molecular complexity index is 584. The first-order valence-corrected chi connectivity index (χ1v) is 10.8. The molecule has 33 heavy (non-hydrogen) atoms. The molecule has 0 aromatic carbocycles. The van der Waals surface area contributed by atoms with Crippen LogP contribution in [0.3, 0.4) is 0 Å². The fourth-order valence-electron chi connectivity index (χ4n) is 4.40. The van der Waals surface area contributed by atoms with Gasteiger partial charge >= 0.3 is 0 Å². The Labute approximate surface area is 189 Å². The molecule has 0 radical (unpaired) electrons. The molecule has 2 heterocycles. The molecule has 0 aromatic rings. The Morgan fingerprint density at radius 1 is 0.667 bits per heavy atom. The van der Waals surface area contributed by atoms with Crippen molar-refractivity contribution in [3.63, 3.8) is 0 Å². The van der Waals surface area contributed by atoms with Gasteiger partial charge in [-0.3, -0.25) is 0 Å². The predicted octanol–water partition coefficient (Wildman–Crippen LogP) is -7.29. The van der Waals surface area contributed by atoms with E-state index in [9.17, 15) is 35.7 Å². The fourth-order valence-corrected chi connectivity index (χ4v) is 4.40. The normalized spacial score (nSPS) is 53.7. The highest BCUT2D eigenvalue weighted by Gasteiger charge is 2.51. The molecule has 3 fully saturated rings. The first-order valence-electron chi connectivity index (χ1n) is 10.8. The van der Waals surface area contributed by atoms with Crippen molar-refractivity contribution in [1.82, 2.24) is 0 Å². The lowest BCUT2D eigenvalue weighted by molar-refractivity contribution is -0.332. The van der Waals surface area contributed by atoms with Gasteiger partial charge in [-0.1, -0.05) is 0 Å². The molecule has 15 nitrogen and oxygen atoms in total. The molecule has 15 heteroatoms. The highest BCUT2D eigenvalue weighted by molar-refractivity contribution is 5.01. The zero-order valence-corrected chi connectivity index (χ0v) is 17.9. The molecule has 2 aliphatic heterocycles. The highest BCUT2D eigenvalue weighted by Crippen LogP contribution is 2.31. The van der Waals surface area contributed by atoms with Gasteiger partial charge in [-0.2, -0.15) is 0 Å². The quantitative estimate of drug-likeness (QED) is 0.167. The summed E-state index contributed by atoms with van der Waals surface area (Å²) >= 11 is 0. The van der Waals surface area contributed by atoms with Crippen LogP contribution in [-0.2, 0) is 18.9 Å². The minimum absolute atomic E-state index is 0.0849. The third kappa shape index (κ3) is 5.32. The van der Waals surface area contributed by atoms with E-state index in [2.05, 4.69) is 0 Å². The summed E-state index contributed by atoms with van der Waals surface area (Å²) in [5.74, 6) is 0. The number of aliphatic hydroxyl groups is 7. The smallest absolute Gasteiger partial charge is 0.187 e. The molecule has 1 aliphatic carbocycles. The summed E-state index contributed by atoms with van der Waals surface area (Å²) in [6.45, 7) is -0.763. The van der Waals surface area contributed by atoms with Crippen LogP contribution in [0.5, 0.6) is 0 Å². The molecule has 15 atom stereocenters. The Morgan fingerprint density at radius 3 is 1.70 bits per heavy atom. The number of rotatable bonds is 6. The average molecular weight is 485 g/mol. The maximum atomic E-state index is 10.9. The van der Waals surface area contributed by atoms with E-state index in [1.165, 1.54) is 0 Å². The van der Waals surface area contributed by atoms with E-state index in [1.54, 1.807) is 0 Å². The first kappa shape index (κ1) is 27.0. The SMILES string of the molecule is NCC1O[C@@H](OC2C(N)C[C@@H](N)C(OC3OC(CO)[C@@H](O)C(N)[C@H]3O)[C@H]2O)C(O)[C@@H](O)C1O. The van der Waals surface area contributed by atoms with Crippen molar-refractivity contribution in [1.29, 1.82) is 0 Å². The van der Waals surface area contributed by atoms with Crippen LogP contribution in [0.1, 0.15) is 6.42 Å². The summed E-state index contributed by atoms with van der Waals surface area (Å²) in [6.07, 6.45) is -16.5. The number of nitrogens with two attached hydrogens (primary N) is 4. The van der Waals surface area contributed by atoms with E-state index in [1.807, 2.05) is 0 Å². The lowest BCUT2D eigenvalue weighted by Gasteiger charge is -2.48. The van der Waals surface area contributed by atoms with Crippen molar-refractivity contribution in [2.24, 2.45) is 22.9 Å². The predicted molar refractivity (Wildman–Crippen MR) is 108 cm³/mol. The van der Waals surface area contributed by atoms with E-state index >= 15 is 0 Å². The van der Waals surface area contributed by atoms with Crippen molar-refractivity contribution >= 4 is 0 Å². The molecule has 3 rings (SSSR count). The van der Waals surface area contributed by atoms with Gasteiger partial charge in [0.25, 0.3) is 0 Å². The molecule has 194 valence electrons. The molecular weight excluding hydrogens is 448 g/mol. The van der Waals surface area contributed by atoms with Crippen LogP contribution >= 0.6 is 0 Å². The molecule has 9 unspecified atom stereocenters. The van der Waals surface area contributed by atoms with Crippen molar-refractivity contribution in [3.8, 4) is 0 Å². The third-order valence-electron chi connectivity index (χ3n) is 6.48. The molecule has 0 aromatic heterocycles. The Kier molecular flexibility index (Phi) is 8.99. The average Bonchev–Trinajstić information content (AvgIpc) is 2.79. The van der Waals surface area contributed by atoms with Gasteiger partial charge in [0.15, 0.2) is 12.6 Å². The summed E-state index contributed by atoms with van der Waals surface area (Å²) in [7, 11) is 0. The van der Waals surface area contributed by atoms with Gasteiger partial charge in [0, 0.05) is 18.6 Å². The Morgan fingerprint density at radius 2 is 1.18 bits per heavy atom. The van der Waals surface area contributed by atoms with Gasteiger partial charge in [-0.25, -0.2) is 0 Å². The van der Waals surface area contributed by atoms with E-state index in [0.29, 0.717) is 0 Å². The molecule has 15 N–H and O–H groups in total. The molecule has 0 bridgehead atoms. The van der Waals surface area contributed by atoms with Crippen molar-refractivity contribution in [3.05, 3.63) is 0 Å². The van der Waals surface area contributed by atoms with Crippen molar-refractivity contribution in [2.75, 3.05) is 13.2 Å². The zero-order chi connectivity index (χ0) is 24.6. The second-order valence-corrected chi connectivity index (χ2v) is 8.79. The lowest BCUT2D eigenvalue weighted by Crippen LogP contribution is -2.68. The van der Waals surface area contributed by atoms with Crippen molar-refractivity contribution in [2.45, 2.75) is 98.2 Å². The Hall–Kier alpha value is -0.600.